The highest BCUT2D eigenvalue weighted by Crippen LogP contribution is 2.50. The molecule has 0 N–H and O–H groups in total. The molecule has 46 heavy (non-hydrogen) atoms. The van der Waals surface area contributed by atoms with Crippen molar-refractivity contribution in [3.8, 4) is 0 Å². The molecule has 3 nitrogen and oxygen atoms in total. The zero-order valence-corrected chi connectivity index (χ0v) is 27.0. The molecule has 5 heteroatoms. The fourth-order valence-electron chi connectivity index (χ4n) is 8.83. The molecular formula is C41H40ClFN2O. The Morgan fingerprint density at radius 1 is 0.848 bits per heavy atom. The van der Waals surface area contributed by atoms with Gasteiger partial charge in [-0.2, -0.15) is 0 Å². The number of rotatable bonds is 8. The molecule has 9 rings (SSSR count). The zero-order chi connectivity index (χ0) is 30.4. The van der Waals surface area contributed by atoms with Crippen LogP contribution in [0.15, 0.2) is 115 Å². The fourth-order valence-corrected chi connectivity index (χ4v) is 8.83. The molecule has 0 amide bonds. The van der Waals surface area contributed by atoms with E-state index in [0.717, 1.165) is 47.0 Å². The van der Waals surface area contributed by atoms with E-state index in [1.54, 1.807) is 12.1 Å². The van der Waals surface area contributed by atoms with Crippen molar-refractivity contribution in [2.24, 2.45) is 11.8 Å². The molecule has 3 aliphatic rings. The maximum absolute atomic E-state index is 14.3. The molecule has 1 unspecified atom stereocenters. The molecule has 1 aromatic heterocycles. The van der Waals surface area contributed by atoms with Crippen LogP contribution in [0.4, 0.5) is 4.39 Å². The highest BCUT2D eigenvalue weighted by Gasteiger charge is 2.55. The number of piperidine rings is 3. The van der Waals surface area contributed by atoms with Gasteiger partial charge in [0.05, 0.1) is 25.2 Å². The van der Waals surface area contributed by atoms with Crippen molar-refractivity contribution in [1.82, 2.24) is 4.98 Å². The highest BCUT2D eigenvalue weighted by atomic mass is 35.5. The Labute approximate surface area is 277 Å². The second kappa shape index (κ2) is 12.8. The molecule has 0 radical (unpaired) electrons. The van der Waals surface area contributed by atoms with Crippen LogP contribution in [0.25, 0.3) is 32.4 Å². The first-order valence-electron chi connectivity index (χ1n) is 16.6. The molecule has 5 aromatic carbocycles. The second-order valence-electron chi connectivity index (χ2n) is 13.4. The van der Waals surface area contributed by atoms with Crippen LogP contribution in [0.3, 0.4) is 0 Å². The number of pyridine rings is 1. The van der Waals surface area contributed by atoms with Crippen LogP contribution in [0.5, 0.6) is 0 Å². The molecule has 3 saturated heterocycles. The maximum Gasteiger partial charge on any atom is 0.135 e. The van der Waals surface area contributed by atoms with Crippen molar-refractivity contribution in [3.63, 3.8) is 0 Å². The molecular weight excluding hydrogens is 591 g/mol. The van der Waals surface area contributed by atoms with E-state index >= 15 is 0 Å². The Bertz CT molecular complexity index is 1950. The van der Waals surface area contributed by atoms with Crippen LogP contribution in [0.1, 0.15) is 49.0 Å². The van der Waals surface area contributed by atoms with Gasteiger partial charge in [-0.15, -0.1) is 0 Å². The third-order valence-electron chi connectivity index (χ3n) is 11.0. The molecule has 5 atom stereocenters. The van der Waals surface area contributed by atoms with Gasteiger partial charge in [0.25, 0.3) is 0 Å². The molecule has 3 aliphatic heterocycles. The summed E-state index contributed by atoms with van der Waals surface area (Å²) >= 11 is 0. The van der Waals surface area contributed by atoms with Crippen LogP contribution in [0.2, 0.25) is 0 Å². The Hall–Kier alpha value is -3.83. The number of hydrogen-bond donors (Lipinski definition) is 0. The third-order valence-corrected chi connectivity index (χ3v) is 11.0. The summed E-state index contributed by atoms with van der Waals surface area (Å²) in [6.45, 7) is 6.02. The van der Waals surface area contributed by atoms with E-state index < -0.39 is 0 Å². The standard InChI is InChI=1S/C41H40FN2O.ClH/c1-2-29-25-44(26-38-34-14-5-3-11-31(34)23-32-12-4-6-15-35(32)38)21-19-30(29)24-40(44)41(45-27-28-10-9-13-33(42)22-28)37-18-20-43-39-17-8-7-16-36(37)39;/h3-18,20,22-23,29-30,40-41H,2,19,21,24-27H2,1H3;1H/q+1;/p-1/t29-,30-,40-,41+,44?;/m0./s1. The average Bonchev–Trinajstić information content (AvgIpc) is 3.08. The van der Waals surface area contributed by atoms with Crippen LogP contribution in [0, 0.1) is 17.7 Å². The molecule has 2 bridgehead atoms. The number of benzene rings is 5. The lowest BCUT2D eigenvalue weighted by molar-refractivity contribution is -0.985. The van der Waals surface area contributed by atoms with E-state index in [2.05, 4.69) is 91.9 Å². The lowest BCUT2D eigenvalue weighted by Crippen LogP contribution is -3.00. The Kier molecular flexibility index (Phi) is 8.54. The number of nitrogens with zero attached hydrogens (tertiary/aromatic N) is 2. The summed E-state index contributed by atoms with van der Waals surface area (Å²) in [5.74, 6) is 1.17. The Morgan fingerprint density at radius 2 is 1.57 bits per heavy atom. The summed E-state index contributed by atoms with van der Waals surface area (Å²) in [6.07, 6.45) is 5.38. The first-order chi connectivity index (χ1) is 22.1. The molecule has 4 heterocycles. The monoisotopic (exact) mass is 630 g/mol. The number of para-hydroxylation sites is 1. The van der Waals surface area contributed by atoms with Gasteiger partial charge in [-0.3, -0.25) is 4.98 Å². The number of quaternary nitrogens is 1. The SMILES string of the molecule is CC[C@H]1C[N+]2(Cc3c4ccccc4cc4ccccc34)CC[C@H]1C[C@H]2[C@H](OCc1cccc(F)c1)c1ccnc2ccccc12.[Cl-]. The summed E-state index contributed by atoms with van der Waals surface area (Å²) in [5, 5.41) is 6.47. The summed E-state index contributed by atoms with van der Waals surface area (Å²) in [4.78, 5) is 4.72. The van der Waals surface area contributed by atoms with E-state index in [1.807, 2.05) is 12.3 Å². The van der Waals surface area contributed by atoms with Gasteiger partial charge in [-0.1, -0.05) is 85.8 Å². The van der Waals surface area contributed by atoms with Crippen molar-refractivity contribution < 1.29 is 26.0 Å². The van der Waals surface area contributed by atoms with E-state index in [-0.39, 0.29) is 30.4 Å². The van der Waals surface area contributed by atoms with E-state index in [1.165, 1.54) is 51.6 Å². The van der Waals surface area contributed by atoms with Crippen molar-refractivity contribution in [3.05, 3.63) is 138 Å². The predicted molar refractivity (Wildman–Crippen MR) is 181 cm³/mol. The molecule has 0 spiro atoms. The van der Waals surface area contributed by atoms with Gasteiger partial charge in [0.15, 0.2) is 0 Å². The number of ether oxygens (including phenoxy) is 1. The van der Waals surface area contributed by atoms with E-state index in [4.69, 9.17) is 9.72 Å². The van der Waals surface area contributed by atoms with Crippen LogP contribution in [-0.4, -0.2) is 28.6 Å². The smallest absolute Gasteiger partial charge is 0.135 e. The van der Waals surface area contributed by atoms with Crippen LogP contribution in [-0.2, 0) is 17.9 Å². The number of aromatic nitrogens is 1. The van der Waals surface area contributed by atoms with Gasteiger partial charge < -0.3 is 21.6 Å². The minimum Gasteiger partial charge on any atom is -1.00 e. The minimum absolute atomic E-state index is 0. The third kappa shape index (κ3) is 5.47. The zero-order valence-electron chi connectivity index (χ0n) is 26.3. The lowest BCUT2D eigenvalue weighted by atomic mass is 9.70. The Balaban J connectivity index is 0.00000338. The van der Waals surface area contributed by atoms with Gasteiger partial charge in [-0.05, 0) is 75.3 Å². The average molecular weight is 631 g/mol. The van der Waals surface area contributed by atoms with Gasteiger partial charge in [0, 0.05) is 35.9 Å². The summed E-state index contributed by atoms with van der Waals surface area (Å²) in [7, 11) is 0. The van der Waals surface area contributed by atoms with Gasteiger partial charge in [0.1, 0.15) is 24.5 Å². The normalized spacial score (nSPS) is 23.0. The summed E-state index contributed by atoms with van der Waals surface area (Å²) in [5.41, 5.74) is 4.51. The quantitative estimate of drug-likeness (QED) is 0.137. The largest absolute Gasteiger partial charge is 1.00 e. The molecule has 3 fully saturated rings. The Morgan fingerprint density at radius 3 is 2.30 bits per heavy atom. The van der Waals surface area contributed by atoms with Gasteiger partial charge in [0.2, 0.25) is 0 Å². The van der Waals surface area contributed by atoms with Crippen molar-refractivity contribution in [1.29, 1.82) is 0 Å². The summed E-state index contributed by atoms with van der Waals surface area (Å²) in [6, 6.07) is 37.9. The molecule has 0 aliphatic carbocycles. The van der Waals surface area contributed by atoms with Crippen molar-refractivity contribution >= 4 is 32.4 Å². The minimum atomic E-state index is -0.223. The van der Waals surface area contributed by atoms with E-state index in [0.29, 0.717) is 18.4 Å². The van der Waals surface area contributed by atoms with Gasteiger partial charge in [-0.25, -0.2) is 4.39 Å². The van der Waals surface area contributed by atoms with Crippen LogP contribution >= 0.6 is 0 Å². The lowest BCUT2D eigenvalue weighted by Gasteiger charge is -2.59. The topological polar surface area (TPSA) is 22.1 Å². The number of fused-ring (bicyclic) bond motifs is 6. The molecule has 6 aromatic rings. The van der Waals surface area contributed by atoms with Crippen molar-refractivity contribution in [2.45, 2.75) is 51.5 Å². The highest BCUT2D eigenvalue weighted by molar-refractivity contribution is 6.02. The first kappa shape index (κ1) is 30.8. The van der Waals surface area contributed by atoms with Crippen molar-refractivity contribution in [2.75, 3.05) is 13.1 Å². The van der Waals surface area contributed by atoms with Gasteiger partial charge >= 0.3 is 0 Å². The van der Waals surface area contributed by atoms with E-state index in [9.17, 15) is 4.39 Å². The first-order valence-corrected chi connectivity index (χ1v) is 16.6. The fraction of sp³-hybridized carbons (Fsp3) is 0.293. The molecule has 0 saturated carbocycles. The summed E-state index contributed by atoms with van der Waals surface area (Å²) < 4.78 is 22.4. The van der Waals surface area contributed by atoms with Crippen LogP contribution < -0.4 is 12.4 Å². The maximum atomic E-state index is 14.3. The second-order valence-corrected chi connectivity index (χ2v) is 13.4. The predicted octanol–water partition coefficient (Wildman–Crippen LogP) is 6.78. The number of hydrogen-bond acceptors (Lipinski definition) is 2. The number of halogens is 2. The molecule has 234 valence electrons.